The van der Waals surface area contributed by atoms with Crippen molar-refractivity contribution in [2.24, 2.45) is 0 Å². The zero-order chi connectivity index (χ0) is 14.4. The molecule has 0 spiro atoms. The van der Waals surface area contributed by atoms with Crippen LogP contribution >= 0.6 is 15.9 Å². The Morgan fingerprint density at radius 3 is 2.74 bits per heavy atom. The fourth-order valence-electron chi connectivity index (χ4n) is 1.62. The third-order valence-electron chi connectivity index (χ3n) is 2.41. The van der Waals surface area contributed by atoms with E-state index in [1.807, 2.05) is 6.07 Å². The molecule has 1 aromatic rings. The highest BCUT2D eigenvalue weighted by molar-refractivity contribution is 9.08. The number of rotatable bonds is 5. The quantitative estimate of drug-likeness (QED) is 0.358. The summed E-state index contributed by atoms with van der Waals surface area (Å²) < 4.78 is 4.79. The molecule has 0 saturated carbocycles. The van der Waals surface area contributed by atoms with Crippen molar-refractivity contribution in [1.82, 2.24) is 0 Å². The molecule has 0 aromatic heterocycles. The van der Waals surface area contributed by atoms with Gasteiger partial charge in [-0.1, -0.05) is 15.9 Å². The van der Waals surface area contributed by atoms with Crippen molar-refractivity contribution in [3.63, 3.8) is 0 Å². The van der Waals surface area contributed by atoms with Crippen molar-refractivity contribution in [3.8, 4) is 6.07 Å². The fraction of sp³-hybridized carbons (Fsp3) is 0.333. The van der Waals surface area contributed by atoms with Crippen molar-refractivity contribution >= 4 is 27.6 Å². The largest absolute Gasteiger partial charge is 0.466 e. The second kappa shape index (κ2) is 6.85. The van der Waals surface area contributed by atoms with Crippen molar-refractivity contribution in [1.29, 1.82) is 5.26 Å². The van der Waals surface area contributed by atoms with E-state index in [1.165, 1.54) is 12.1 Å². The molecule has 7 heteroatoms. The smallest absolute Gasteiger partial charge is 0.310 e. The number of nitro benzene ring substituents is 1. The third kappa shape index (κ3) is 3.76. The van der Waals surface area contributed by atoms with Crippen LogP contribution in [0.1, 0.15) is 23.6 Å². The van der Waals surface area contributed by atoms with E-state index < -0.39 is 10.9 Å². The highest BCUT2D eigenvalue weighted by atomic mass is 79.9. The van der Waals surface area contributed by atoms with Gasteiger partial charge < -0.3 is 4.74 Å². The molecule has 0 unspecified atom stereocenters. The van der Waals surface area contributed by atoms with Crippen LogP contribution in [0.3, 0.4) is 0 Å². The topological polar surface area (TPSA) is 93.2 Å². The van der Waals surface area contributed by atoms with Crippen LogP contribution in [-0.4, -0.2) is 17.5 Å². The summed E-state index contributed by atoms with van der Waals surface area (Å²) in [7, 11) is 0. The predicted molar refractivity (Wildman–Crippen MR) is 70.8 cm³/mol. The Morgan fingerprint density at radius 1 is 1.58 bits per heavy atom. The van der Waals surface area contributed by atoms with E-state index >= 15 is 0 Å². The van der Waals surface area contributed by atoms with Crippen LogP contribution < -0.4 is 0 Å². The molecule has 0 aliphatic rings. The Labute approximate surface area is 118 Å². The van der Waals surface area contributed by atoms with E-state index in [-0.39, 0.29) is 29.8 Å². The van der Waals surface area contributed by atoms with Gasteiger partial charge in [0.1, 0.15) is 0 Å². The highest BCUT2D eigenvalue weighted by Gasteiger charge is 2.22. The number of nitriles is 1. The first kappa shape index (κ1) is 15.1. The molecule has 0 atom stereocenters. The van der Waals surface area contributed by atoms with Gasteiger partial charge in [0.15, 0.2) is 0 Å². The van der Waals surface area contributed by atoms with Crippen LogP contribution in [0.15, 0.2) is 12.1 Å². The molecule has 1 aromatic carbocycles. The maximum Gasteiger partial charge on any atom is 0.310 e. The lowest BCUT2D eigenvalue weighted by Gasteiger charge is -2.08. The van der Waals surface area contributed by atoms with Crippen molar-refractivity contribution in [2.75, 3.05) is 6.61 Å². The number of ether oxygens (including phenoxy) is 1. The summed E-state index contributed by atoms with van der Waals surface area (Å²) in [6.07, 6.45) is -0.184. The monoisotopic (exact) mass is 326 g/mol. The van der Waals surface area contributed by atoms with Gasteiger partial charge in [0.25, 0.3) is 5.69 Å². The molecular formula is C12H11BrN2O4. The van der Waals surface area contributed by atoms with Crippen molar-refractivity contribution in [2.45, 2.75) is 18.7 Å². The zero-order valence-electron chi connectivity index (χ0n) is 10.2. The van der Waals surface area contributed by atoms with Gasteiger partial charge in [0, 0.05) is 17.0 Å². The van der Waals surface area contributed by atoms with E-state index in [0.29, 0.717) is 10.9 Å². The van der Waals surface area contributed by atoms with Gasteiger partial charge in [-0.2, -0.15) is 5.26 Å². The van der Waals surface area contributed by atoms with Gasteiger partial charge in [0.05, 0.1) is 29.6 Å². The van der Waals surface area contributed by atoms with Gasteiger partial charge in [-0.3, -0.25) is 14.9 Å². The summed E-state index contributed by atoms with van der Waals surface area (Å²) >= 11 is 3.20. The molecular weight excluding hydrogens is 316 g/mol. The molecule has 0 bridgehead atoms. The van der Waals surface area contributed by atoms with E-state index in [2.05, 4.69) is 15.9 Å². The number of benzene rings is 1. The van der Waals surface area contributed by atoms with Crippen LogP contribution in [0, 0.1) is 21.4 Å². The van der Waals surface area contributed by atoms with Gasteiger partial charge in [-0.15, -0.1) is 0 Å². The number of carbonyl (C=O) groups is 1. The van der Waals surface area contributed by atoms with Gasteiger partial charge in [-0.25, -0.2) is 0 Å². The molecule has 0 fully saturated rings. The number of halogens is 1. The average Bonchev–Trinajstić information content (AvgIpc) is 2.38. The molecule has 100 valence electrons. The summed E-state index contributed by atoms with van der Waals surface area (Å²) in [6.45, 7) is 1.88. The van der Waals surface area contributed by atoms with Gasteiger partial charge in [0.2, 0.25) is 0 Å². The highest BCUT2D eigenvalue weighted by Crippen LogP contribution is 2.27. The summed E-state index contributed by atoms with van der Waals surface area (Å²) in [6, 6.07) is 4.55. The first-order valence-electron chi connectivity index (χ1n) is 5.45. The number of alkyl halides is 1. The molecule has 0 aliphatic carbocycles. The van der Waals surface area contributed by atoms with Crippen molar-refractivity contribution in [3.05, 3.63) is 38.9 Å². The SMILES string of the molecule is CCOC(=O)Cc1c(CBr)cc(C#N)cc1[N+](=O)[O-]. The van der Waals surface area contributed by atoms with E-state index in [0.717, 1.165) is 0 Å². The maximum atomic E-state index is 11.5. The number of nitrogens with zero attached hydrogens (tertiary/aromatic N) is 2. The normalized spacial score (nSPS) is 9.74. The Morgan fingerprint density at radius 2 is 2.26 bits per heavy atom. The fourth-order valence-corrected chi connectivity index (χ4v) is 2.12. The summed E-state index contributed by atoms with van der Waals surface area (Å²) in [5.74, 6) is -0.530. The second-order valence-electron chi connectivity index (χ2n) is 3.62. The minimum Gasteiger partial charge on any atom is -0.466 e. The molecule has 0 aliphatic heterocycles. The number of nitro groups is 1. The Bertz CT molecular complexity index is 551. The summed E-state index contributed by atoms with van der Waals surface area (Å²) in [5, 5.41) is 20.2. The van der Waals surface area contributed by atoms with E-state index in [9.17, 15) is 14.9 Å². The van der Waals surface area contributed by atoms with Crippen LogP contribution in [0.4, 0.5) is 5.69 Å². The second-order valence-corrected chi connectivity index (χ2v) is 4.18. The molecule has 1 rings (SSSR count). The first-order chi connectivity index (χ1) is 9.03. The van der Waals surface area contributed by atoms with Gasteiger partial charge >= 0.3 is 5.97 Å². The molecule has 0 saturated heterocycles. The lowest BCUT2D eigenvalue weighted by atomic mass is 10.0. The Kier molecular flexibility index (Phi) is 5.45. The van der Waals surface area contributed by atoms with Crippen LogP contribution in [0.5, 0.6) is 0 Å². The minimum atomic E-state index is -0.596. The minimum absolute atomic E-state index is 0.184. The molecule has 6 nitrogen and oxygen atoms in total. The molecule has 0 N–H and O–H groups in total. The Balaban J connectivity index is 3.30. The zero-order valence-corrected chi connectivity index (χ0v) is 11.8. The average molecular weight is 327 g/mol. The molecule has 0 radical (unpaired) electrons. The third-order valence-corrected chi connectivity index (χ3v) is 3.02. The number of carbonyl (C=O) groups excluding carboxylic acids is 1. The van der Waals surface area contributed by atoms with Crippen LogP contribution in [0.25, 0.3) is 0 Å². The van der Waals surface area contributed by atoms with E-state index in [4.69, 9.17) is 10.00 Å². The standard InChI is InChI=1S/C12H11BrN2O4/c1-2-19-12(16)5-10-9(6-13)3-8(7-14)4-11(10)15(17)18/h3-4H,2,5-6H2,1H3. The summed E-state index contributed by atoms with van der Waals surface area (Å²) in [5.41, 5.74) is 0.772. The maximum absolute atomic E-state index is 11.5. The lowest BCUT2D eigenvalue weighted by molar-refractivity contribution is -0.385. The number of esters is 1. The Hall–Kier alpha value is -1.94. The van der Waals surface area contributed by atoms with Gasteiger partial charge in [-0.05, 0) is 18.6 Å². The molecule has 19 heavy (non-hydrogen) atoms. The first-order valence-corrected chi connectivity index (χ1v) is 6.57. The number of hydrogen-bond acceptors (Lipinski definition) is 5. The molecule has 0 heterocycles. The van der Waals surface area contributed by atoms with Crippen LogP contribution in [-0.2, 0) is 21.3 Å². The van der Waals surface area contributed by atoms with E-state index in [1.54, 1.807) is 6.92 Å². The lowest BCUT2D eigenvalue weighted by Crippen LogP contribution is -2.11. The summed E-state index contributed by atoms with van der Waals surface area (Å²) in [4.78, 5) is 21.9. The van der Waals surface area contributed by atoms with Crippen molar-refractivity contribution < 1.29 is 14.5 Å². The number of hydrogen-bond donors (Lipinski definition) is 0. The van der Waals surface area contributed by atoms with Crippen LogP contribution in [0.2, 0.25) is 0 Å². The molecule has 0 amide bonds. The predicted octanol–water partition coefficient (Wildman–Crippen LogP) is 2.47.